The molecule has 0 aliphatic heterocycles. The highest BCUT2D eigenvalue weighted by Crippen LogP contribution is 2.35. The molecule has 9 heteroatoms. The lowest BCUT2D eigenvalue weighted by Crippen LogP contribution is -2.18. The maximum absolute atomic E-state index is 11.5. The van der Waals surface area contributed by atoms with Gasteiger partial charge in [0.2, 0.25) is 0 Å². The average molecular weight is 322 g/mol. The zero-order valence-electron chi connectivity index (χ0n) is 12.2. The molecule has 0 atom stereocenters. The number of primary amides is 2. The van der Waals surface area contributed by atoms with Crippen LogP contribution in [0.1, 0.15) is 27.4 Å². The number of nitrogens with zero attached hydrogens (tertiary/aromatic N) is 4. The van der Waals surface area contributed by atoms with E-state index in [1.165, 1.54) is 0 Å². The van der Waals surface area contributed by atoms with E-state index in [9.17, 15) is 9.59 Å². The smallest absolute Gasteiger partial charge is 0.270 e. The molecule has 2 aromatic rings. The fraction of sp³-hybridized carbons (Fsp3) is 0.0667. The van der Waals surface area contributed by atoms with E-state index in [-0.39, 0.29) is 17.1 Å². The highest BCUT2D eigenvalue weighted by Gasteiger charge is 2.31. The van der Waals surface area contributed by atoms with E-state index in [0.29, 0.717) is 22.5 Å². The van der Waals surface area contributed by atoms with Crippen LogP contribution >= 0.6 is 0 Å². The van der Waals surface area contributed by atoms with Crippen molar-refractivity contribution in [3.8, 4) is 17.3 Å². The molecule has 1 aromatic heterocycles. The first-order chi connectivity index (χ1) is 11.5. The zero-order valence-corrected chi connectivity index (χ0v) is 12.2. The van der Waals surface area contributed by atoms with Crippen molar-refractivity contribution in [2.24, 2.45) is 16.6 Å². The van der Waals surface area contributed by atoms with Crippen molar-refractivity contribution in [1.82, 2.24) is 9.97 Å². The second-order valence-electron chi connectivity index (χ2n) is 4.82. The van der Waals surface area contributed by atoms with Gasteiger partial charge in [-0.2, -0.15) is 5.26 Å². The van der Waals surface area contributed by atoms with E-state index >= 15 is 0 Å². The van der Waals surface area contributed by atoms with Crippen molar-refractivity contribution >= 4 is 17.5 Å². The third-order valence-corrected chi connectivity index (χ3v) is 3.26. The van der Waals surface area contributed by atoms with Gasteiger partial charge in [0.1, 0.15) is 23.2 Å². The van der Waals surface area contributed by atoms with Crippen molar-refractivity contribution in [2.45, 2.75) is 0 Å². The summed E-state index contributed by atoms with van der Waals surface area (Å²) in [5.41, 5.74) is 12.1. The zero-order chi connectivity index (χ0) is 17.3. The Hall–Kier alpha value is -3.80. The number of rotatable bonds is 4. The number of carbonyl (C=O) groups is 2. The SMILES string of the molecule is N#Cc1nc2c(nc1C(N)=O)-c1ccccc1C2=NOCC(N)=O. The van der Waals surface area contributed by atoms with Gasteiger partial charge in [0.15, 0.2) is 18.0 Å². The van der Waals surface area contributed by atoms with E-state index in [1.54, 1.807) is 30.3 Å². The van der Waals surface area contributed by atoms with Gasteiger partial charge >= 0.3 is 0 Å². The van der Waals surface area contributed by atoms with Gasteiger partial charge in [0.25, 0.3) is 11.8 Å². The molecule has 1 heterocycles. The van der Waals surface area contributed by atoms with Crippen LogP contribution in [-0.2, 0) is 9.63 Å². The van der Waals surface area contributed by atoms with Crippen LogP contribution in [0.4, 0.5) is 0 Å². The number of carbonyl (C=O) groups excluding carboxylic acids is 2. The van der Waals surface area contributed by atoms with Crippen LogP contribution in [0.15, 0.2) is 29.4 Å². The number of benzene rings is 1. The summed E-state index contributed by atoms with van der Waals surface area (Å²) >= 11 is 0. The Balaban J connectivity index is 2.21. The normalized spacial score (nSPS) is 13.0. The lowest BCUT2D eigenvalue weighted by molar-refractivity contribution is -0.122. The Labute approximate surface area is 135 Å². The largest absolute Gasteiger partial charge is 0.385 e. The lowest BCUT2D eigenvalue weighted by atomic mass is 10.1. The average Bonchev–Trinajstić information content (AvgIpc) is 2.87. The highest BCUT2D eigenvalue weighted by atomic mass is 16.6. The monoisotopic (exact) mass is 322 g/mol. The van der Waals surface area contributed by atoms with E-state index in [2.05, 4.69) is 15.1 Å². The molecule has 4 N–H and O–H groups in total. The Morgan fingerprint density at radius 3 is 2.50 bits per heavy atom. The Morgan fingerprint density at radius 1 is 1.17 bits per heavy atom. The van der Waals surface area contributed by atoms with Gasteiger partial charge in [-0.05, 0) is 0 Å². The van der Waals surface area contributed by atoms with Crippen LogP contribution in [0.2, 0.25) is 0 Å². The molecule has 0 unspecified atom stereocenters. The van der Waals surface area contributed by atoms with Crippen LogP contribution in [0.25, 0.3) is 11.3 Å². The van der Waals surface area contributed by atoms with Crippen LogP contribution in [0.5, 0.6) is 0 Å². The van der Waals surface area contributed by atoms with Crippen molar-refractivity contribution < 1.29 is 14.4 Å². The number of amides is 2. The van der Waals surface area contributed by atoms with Gasteiger partial charge in [-0.15, -0.1) is 0 Å². The molecule has 1 aliphatic rings. The predicted octanol–water partition coefficient (Wildman–Crippen LogP) is -0.318. The Morgan fingerprint density at radius 2 is 1.88 bits per heavy atom. The first-order valence-corrected chi connectivity index (χ1v) is 6.73. The minimum absolute atomic E-state index is 0.211. The van der Waals surface area contributed by atoms with Gasteiger partial charge in [-0.25, -0.2) is 9.97 Å². The molecule has 9 nitrogen and oxygen atoms in total. The van der Waals surface area contributed by atoms with Crippen LogP contribution in [0.3, 0.4) is 0 Å². The molecule has 24 heavy (non-hydrogen) atoms. The molecule has 0 bridgehead atoms. The predicted molar refractivity (Wildman–Crippen MR) is 81.5 cm³/mol. The van der Waals surface area contributed by atoms with Gasteiger partial charge < -0.3 is 16.3 Å². The molecule has 0 saturated heterocycles. The second kappa shape index (κ2) is 5.77. The molecule has 0 radical (unpaired) electrons. The maximum atomic E-state index is 11.5. The number of nitrogens with two attached hydrogens (primary N) is 2. The Kier molecular flexibility index (Phi) is 3.63. The van der Waals surface area contributed by atoms with Crippen LogP contribution in [-0.4, -0.2) is 34.1 Å². The first kappa shape index (κ1) is 15.1. The third-order valence-electron chi connectivity index (χ3n) is 3.26. The first-order valence-electron chi connectivity index (χ1n) is 6.73. The summed E-state index contributed by atoms with van der Waals surface area (Å²) in [5.74, 6) is -1.53. The maximum Gasteiger partial charge on any atom is 0.270 e. The minimum atomic E-state index is -0.852. The molecule has 1 aliphatic carbocycles. The summed E-state index contributed by atoms with van der Waals surface area (Å²) in [4.78, 5) is 35.5. The summed E-state index contributed by atoms with van der Waals surface area (Å²) in [6.07, 6.45) is 0. The number of nitriles is 1. The fourth-order valence-corrected chi connectivity index (χ4v) is 2.31. The fourth-order valence-electron chi connectivity index (χ4n) is 2.31. The third kappa shape index (κ3) is 2.42. The quantitative estimate of drug-likeness (QED) is 0.626. The number of hydrogen-bond donors (Lipinski definition) is 2. The summed E-state index contributed by atoms with van der Waals surface area (Å²) < 4.78 is 0. The molecule has 0 fully saturated rings. The van der Waals surface area contributed by atoms with E-state index in [0.717, 1.165) is 0 Å². The van der Waals surface area contributed by atoms with Crippen LogP contribution in [0, 0.1) is 11.3 Å². The molecule has 2 amide bonds. The van der Waals surface area contributed by atoms with E-state index < -0.39 is 18.4 Å². The van der Waals surface area contributed by atoms with Crippen molar-refractivity contribution in [3.63, 3.8) is 0 Å². The van der Waals surface area contributed by atoms with Gasteiger partial charge in [0, 0.05) is 11.1 Å². The molecular formula is C15H10N6O3. The number of fused-ring (bicyclic) bond motifs is 3. The van der Waals surface area contributed by atoms with Crippen molar-refractivity contribution in [3.05, 3.63) is 46.9 Å². The lowest BCUT2D eigenvalue weighted by Gasteiger charge is -2.03. The number of oxime groups is 1. The molecule has 0 spiro atoms. The number of aromatic nitrogens is 2. The molecular weight excluding hydrogens is 312 g/mol. The number of hydrogen-bond acceptors (Lipinski definition) is 7. The van der Waals surface area contributed by atoms with Gasteiger partial charge in [-0.1, -0.05) is 29.4 Å². The summed E-state index contributed by atoms with van der Waals surface area (Å²) in [6.45, 7) is -0.404. The van der Waals surface area contributed by atoms with E-state index in [1.807, 2.05) is 0 Å². The second-order valence-corrected chi connectivity index (χ2v) is 4.82. The summed E-state index contributed by atoms with van der Waals surface area (Å²) in [7, 11) is 0. The standard InChI is InChI=1S/C15H10N6O3/c16-5-9-13(15(18)23)20-11-7-3-1-2-4-8(7)12(14(11)19-9)21-24-6-10(17)22/h1-4H,6H2,(H2,17,22)(H2,18,23). The minimum Gasteiger partial charge on any atom is -0.385 e. The molecule has 1 aromatic carbocycles. The van der Waals surface area contributed by atoms with Gasteiger partial charge in [-0.3, -0.25) is 9.59 Å². The Bertz CT molecular complexity index is 945. The van der Waals surface area contributed by atoms with Crippen molar-refractivity contribution in [2.75, 3.05) is 6.61 Å². The summed E-state index contributed by atoms with van der Waals surface area (Å²) in [6, 6.07) is 8.84. The topological polar surface area (TPSA) is 157 Å². The van der Waals surface area contributed by atoms with E-state index in [4.69, 9.17) is 21.6 Å². The van der Waals surface area contributed by atoms with Crippen molar-refractivity contribution in [1.29, 1.82) is 5.26 Å². The molecule has 3 rings (SSSR count). The highest BCUT2D eigenvalue weighted by molar-refractivity contribution is 6.22. The molecule has 118 valence electrons. The van der Waals surface area contributed by atoms with Gasteiger partial charge in [0.05, 0.1) is 0 Å². The summed E-state index contributed by atoms with van der Waals surface area (Å²) in [5, 5.41) is 13.0. The van der Waals surface area contributed by atoms with Crippen LogP contribution < -0.4 is 11.5 Å². The molecule has 0 saturated carbocycles.